The Labute approximate surface area is 66.0 Å². The van der Waals surface area contributed by atoms with Gasteiger partial charge < -0.3 is 5.32 Å². The van der Waals surface area contributed by atoms with Crippen molar-refractivity contribution in [2.24, 2.45) is 0 Å². The number of nitrogens with one attached hydrogen (secondary N) is 1. The van der Waals surface area contributed by atoms with Gasteiger partial charge in [-0.25, -0.2) is 0 Å². The molecule has 60 valence electrons. The fourth-order valence-corrected chi connectivity index (χ4v) is 0.729. The van der Waals surface area contributed by atoms with E-state index in [-0.39, 0.29) is 0 Å². The topological polar surface area (TPSA) is 12.0 Å². The van der Waals surface area contributed by atoms with Gasteiger partial charge in [-0.05, 0) is 33.2 Å². The van der Waals surface area contributed by atoms with Crippen LogP contribution in [-0.4, -0.2) is 19.9 Å². The molecule has 0 aliphatic heterocycles. The third kappa shape index (κ3) is 4.86. The van der Waals surface area contributed by atoms with Gasteiger partial charge in [0, 0.05) is 5.54 Å². The minimum Gasteiger partial charge on any atom is -0.312 e. The summed E-state index contributed by atoms with van der Waals surface area (Å²) < 4.78 is 0. The maximum Gasteiger partial charge on any atom is 0.101 e. The molecule has 0 radical (unpaired) electrons. The van der Waals surface area contributed by atoms with Crippen molar-refractivity contribution in [3.05, 3.63) is 0 Å². The molecule has 0 aromatic rings. The van der Waals surface area contributed by atoms with Gasteiger partial charge in [0.05, 0.1) is 0 Å². The molecule has 0 aliphatic rings. The molecule has 0 bridgehead atoms. The summed E-state index contributed by atoms with van der Waals surface area (Å²) in [7, 11) is 2.22. The second kappa shape index (κ2) is 4.78. The van der Waals surface area contributed by atoms with Crippen LogP contribution in [0.1, 0.15) is 33.6 Å². The van der Waals surface area contributed by atoms with Gasteiger partial charge in [-0.2, -0.15) is 0 Å². The standard InChI is InChI=1S/C8H20BN/c1-4-8(2,3)10-7-5-6-9/h10H,4-7,9H2,1-3H3. The Hall–Kier alpha value is 0.0249. The van der Waals surface area contributed by atoms with Crippen molar-refractivity contribution in [2.45, 2.75) is 45.5 Å². The van der Waals surface area contributed by atoms with E-state index in [1.807, 2.05) is 0 Å². The molecule has 0 aromatic carbocycles. The quantitative estimate of drug-likeness (QED) is 0.448. The maximum absolute atomic E-state index is 3.51. The normalized spacial score (nSPS) is 11.9. The lowest BCUT2D eigenvalue weighted by Gasteiger charge is -2.24. The van der Waals surface area contributed by atoms with Gasteiger partial charge in [-0.1, -0.05) is 13.2 Å². The number of hydrogen-bond acceptors (Lipinski definition) is 1. The second-order valence-electron chi connectivity index (χ2n) is 3.52. The monoisotopic (exact) mass is 141 g/mol. The summed E-state index contributed by atoms with van der Waals surface area (Å²) >= 11 is 0. The minimum atomic E-state index is 0.342. The first-order valence-electron chi connectivity index (χ1n) is 4.37. The third-order valence-corrected chi connectivity index (χ3v) is 2.02. The summed E-state index contributed by atoms with van der Waals surface area (Å²) in [5, 5.41) is 3.51. The molecule has 10 heavy (non-hydrogen) atoms. The first kappa shape index (κ1) is 10.0. The zero-order valence-corrected chi connectivity index (χ0v) is 7.83. The number of hydrogen-bond donors (Lipinski definition) is 1. The fraction of sp³-hybridized carbons (Fsp3) is 1.00. The van der Waals surface area contributed by atoms with E-state index in [9.17, 15) is 0 Å². The molecule has 0 amide bonds. The van der Waals surface area contributed by atoms with Crippen LogP contribution in [0.4, 0.5) is 0 Å². The maximum atomic E-state index is 3.51. The first-order valence-corrected chi connectivity index (χ1v) is 4.37. The van der Waals surface area contributed by atoms with Crippen LogP contribution in [0.3, 0.4) is 0 Å². The van der Waals surface area contributed by atoms with E-state index in [0.717, 1.165) is 6.54 Å². The lowest BCUT2D eigenvalue weighted by atomic mass is 9.99. The van der Waals surface area contributed by atoms with Gasteiger partial charge in [0.25, 0.3) is 0 Å². The van der Waals surface area contributed by atoms with Crippen molar-refractivity contribution in [3.63, 3.8) is 0 Å². The van der Waals surface area contributed by atoms with Crippen molar-refractivity contribution in [2.75, 3.05) is 6.54 Å². The van der Waals surface area contributed by atoms with Crippen LogP contribution in [0.25, 0.3) is 0 Å². The Morgan fingerprint density at radius 3 is 2.40 bits per heavy atom. The molecule has 0 aromatic heterocycles. The van der Waals surface area contributed by atoms with E-state index in [4.69, 9.17) is 0 Å². The highest BCUT2D eigenvalue weighted by Gasteiger charge is 2.11. The highest BCUT2D eigenvalue weighted by Crippen LogP contribution is 2.06. The highest BCUT2D eigenvalue weighted by atomic mass is 14.9. The third-order valence-electron chi connectivity index (χ3n) is 2.02. The molecule has 0 heterocycles. The van der Waals surface area contributed by atoms with Gasteiger partial charge in [0.2, 0.25) is 0 Å². The van der Waals surface area contributed by atoms with Crippen molar-refractivity contribution < 1.29 is 0 Å². The Balaban J connectivity index is 3.28. The molecule has 0 unspecified atom stereocenters. The molecule has 0 rings (SSSR count). The average Bonchev–Trinajstić information content (AvgIpc) is 1.89. The largest absolute Gasteiger partial charge is 0.312 e. The molecular formula is C8H20BN. The molecule has 0 spiro atoms. The molecule has 0 aliphatic carbocycles. The van der Waals surface area contributed by atoms with Gasteiger partial charge in [-0.15, -0.1) is 0 Å². The predicted molar refractivity (Wildman–Crippen MR) is 50.3 cm³/mol. The Bertz CT molecular complexity index is 81.3. The summed E-state index contributed by atoms with van der Waals surface area (Å²) in [5.41, 5.74) is 0.342. The molecule has 0 fully saturated rings. The predicted octanol–water partition coefficient (Wildman–Crippen LogP) is 1.21. The van der Waals surface area contributed by atoms with Crippen molar-refractivity contribution in [3.8, 4) is 0 Å². The SMILES string of the molecule is BCCCNC(C)(C)CC. The first-order chi connectivity index (χ1) is 4.62. The zero-order valence-electron chi connectivity index (χ0n) is 7.83. The zero-order chi connectivity index (χ0) is 8.04. The Morgan fingerprint density at radius 1 is 1.40 bits per heavy atom. The van der Waals surface area contributed by atoms with Crippen LogP contribution in [0.15, 0.2) is 0 Å². The molecule has 0 saturated heterocycles. The lowest BCUT2D eigenvalue weighted by molar-refractivity contribution is 0.377. The average molecular weight is 141 g/mol. The van der Waals surface area contributed by atoms with Crippen LogP contribution >= 0.6 is 0 Å². The summed E-state index contributed by atoms with van der Waals surface area (Å²) in [5.74, 6) is 0. The highest BCUT2D eigenvalue weighted by molar-refractivity contribution is 6.08. The molecule has 1 nitrogen and oxygen atoms in total. The lowest BCUT2D eigenvalue weighted by Crippen LogP contribution is -2.38. The van der Waals surface area contributed by atoms with Crippen molar-refractivity contribution >= 4 is 7.85 Å². The molecular weight excluding hydrogens is 121 g/mol. The van der Waals surface area contributed by atoms with Crippen LogP contribution in [0.5, 0.6) is 0 Å². The van der Waals surface area contributed by atoms with Crippen LogP contribution < -0.4 is 5.32 Å². The molecule has 0 saturated carbocycles. The fourth-order valence-electron chi connectivity index (χ4n) is 0.729. The van der Waals surface area contributed by atoms with Gasteiger partial charge in [0.1, 0.15) is 7.85 Å². The number of rotatable bonds is 5. The van der Waals surface area contributed by atoms with Gasteiger partial charge in [-0.3, -0.25) is 0 Å². The van der Waals surface area contributed by atoms with Crippen LogP contribution in [0.2, 0.25) is 6.32 Å². The summed E-state index contributed by atoms with van der Waals surface area (Å²) in [6, 6.07) is 0. The van der Waals surface area contributed by atoms with Crippen molar-refractivity contribution in [1.82, 2.24) is 5.32 Å². The van der Waals surface area contributed by atoms with E-state index < -0.39 is 0 Å². The minimum absolute atomic E-state index is 0.342. The molecule has 2 heteroatoms. The van der Waals surface area contributed by atoms with Gasteiger partial charge in [0.15, 0.2) is 0 Å². The Kier molecular flexibility index (Phi) is 4.79. The van der Waals surface area contributed by atoms with E-state index in [0.29, 0.717) is 5.54 Å². The molecule has 1 N–H and O–H groups in total. The smallest absolute Gasteiger partial charge is 0.101 e. The second-order valence-corrected chi connectivity index (χ2v) is 3.52. The summed E-state index contributed by atoms with van der Waals surface area (Å²) in [6.07, 6.45) is 3.78. The van der Waals surface area contributed by atoms with E-state index in [1.165, 1.54) is 19.2 Å². The summed E-state index contributed by atoms with van der Waals surface area (Å²) in [6.45, 7) is 7.89. The van der Waals surface area contributed by atoms with Crippen molar-refractivity contribution in [1.29, 1.82) is 0 Å². The van der Waals surface area contributed by atoms with Gasteiger partial charge >= 0.3 is 0 Å². The van der Waals surface area contributed by atoms with Crippen LogP contribution in [-0.2, 0) is 0 Å². The van der Waals surface area contributed by atoms with E-state index in [1.54, 1.807) is 0 Å². The van der Waals surface area contributed by atoms with E-state index >= 15 is 0 Å². The van der Waals surface area contributed by atoms with E-state index in [2.05, 4.69) is 33.9 Å². The summed E-state index contributed by atoms with van der Waals surface area (Å²) in [4.78, 5) is 0. The van der Waals surface area contributed by atoms with Crippen LogP contribution in [0, 0.1) is 0 Å². The Morgan fingerprint density at radius 2 is 2.00 bits per heavy atom. The molecule has 0 atom stereocenters.